The van der Waals surface area contributed by atoms with Crippen LogP contribution in [0.3, 0.4) is 0 Å². The fourth-order valence-electron chi connectivity index (χ4n) is 2.27. The van der Waals surface area contributed by atoms with Gasteiger partial charge in [0.1, 0.15) is 12.2 Å². The highest BCUT2D eigenvalue weighted by molar-refractivity contribution is 5.93. The van der Waals surface area contributed by atoms with E-state index < -0.39 is 5.97 Å². The lowest BCUT2D eigenvalue weighted by Gasteiger charge is -2.03. The number of aromatic amines is 1. The summed E-state index contributed by atoms with van der Waals surface area (Å²) < 4.78 is 0. The van der Waals surface area contributed by atoms with Crippen molar-refractivity contribution in [1.82, 2.24) is 9.97 Å². The van der Waals surface area contributed by atoms with Crippen molar-refractivity contribution in [2.45, 2.75) is 6.42 Å². The Morgan fingerprint density at radius 2 is 1.96 bits per heavy atom. The van der Waals surface area contributed by atoms with Crippen molar-refractivity contribution < 1.29 is 14.7 Å². The van der Waals surface area contributed by atoms with Gasteiger partial charge in [0.05, 0.1) is 22.7 Å². The maximum Gasteiger partial charge on any atom is 0.335 e. The second-order valence-corrected chi connectivity index (χ2v) is 5.08. The smallest absolute Gasteiger partial charge is 0.335 e. The van der Waals surface area contributed by atoms with Gasteiger partial charge in [0.25, 0.3) is 0 Å². The zero-order valence-electron chi connectivity index (χ0n) is 12.4. The van der Waals surface area contributed by atoms with Crippen LogP contribution in [0.1, 0.15) is 16.8 Å². The van der Waals surface area contributed by atoms with E-state index in [2.05, 4.69) is 15.3 Å². The van der Waals surface area contributed by atoms with Gasteiger partial charge >= 0.3 is 5.97 Å². The Bertz CT molecular complexity index is 968. The highest BCUT2D eigenvalue weighted by Gasteiger charge is 2.09. The number of nitrogens with one attached hydrogen (secondary N) is 2. The largest absolute Gasteiger partial charge is 0.478 e. The third-order valence-corrected chi connectivity index (χ3v) is 3.41. The van der Waals surface area contributed by atoms with Gasteiger partial charge in [-0.15, -0.1) is 0 Å². The van der Waals surface area contributed by atoms with Crippen molar-refractivity contribution in [3.05, 3.63) is 48.0 Å². The van der Waals surface area contributed by atoms with E-state index in [1.165, 1.54) is 12.1 Å². The van der Waals surface area contributed by atoms with Crippen molar-refractivity contribution in [1.29, 1.82) is 5.26 Å². The number of amides is 1. The number of carbonyl (C=O) groups is 2. The number of benzene rings is 2. The van der Waals surface area contributed by atoms with Crippen molar-refractivity contribution >= 4 is 28.6 Å². The Kier molecular flexibility index (Phi) is 3.95. The topological polar surface area (TPSA) is 119 Å². The number of hydrogen-bond acceptors (Lipinski definition) is 4. The van der Waals surface area contributed by atoms with Crippen LogP contribution >= 0.6 is 0 Å². The molecule has 0 radical (unpaired) electrons. The van der Waals surface area contributed by atoms with Crippen LogP contribution in [-0.4, -0.2) is 27.0 Å². The molecule has 3 N–H and O–H groups in total. The van der Waals surface area contributed by atoms with Crippen LogP contribution in [0.2, 0.25) is 0 Å². The van der Waals surface area contributed by atoms with Gasteiger partial charge in [-0.2, -0.15) is 5.26 Å². The maximum atomic E-state index is 11.4. The lowest BCUT2D eigenvalue weighted by Crippen LogP contribution is -2.09. The fraction of sp³-hybridized carbons (Fsp3) is 0.0588. The molecule has 1 aromatic heterocycles. The average Bonchev–Trinajstić information content (AvgIpc) is 2.98. The van der Waals surface area contributed by atoms with Gasteiger partial charge in [-0.3, -0.25) is 4.79 Å². The molecule has 118 valence electrons. The first-order chi connectivity index (χ1) is 11.6. The van der Waals surface area contributed by atoms with Gasteiger partial charge in [0.15, 0.2) is 0 Å². The number of aromatic carboxylic acids is 1. The molecule has 24 heavy (non-hydrogen) atoms. The fourth-order valence-corrected chi connectivity index (χ4v) is 2.27. The monoisotopic (exact) mass is 320 g/mol. The number of carbonyl (C=O) groups excluding carboxylic acids is 1. The number of aromatic nitrogens is 2. The number of carboxylic acid groups (broad SMARTS) is 1. The molecule has 0 bridgehead atoms. The zero-order valence-corrected chi connectivity index (χ0v) is 12.4. The first kappa shape index (κ1) is 15.2. The van der Waals surface area contributed by atoms with E-state index in [9.17, 15) is 9.59 Å². The number of imidazole rings is 1. The van der Waals surface area contributed by atoms with Crippen molar-refractivity contribution in [3.8, 4) is 17.5 Å². The first-order valence-electron chi connectivity index (χ1n) is 7.07. The third-order valence-electron chi connectivity index (χ3n) is 3.41. The molecule has 2 aromatic carbocycles. The molecule has 1 amide bonds. The number of nitriles is 1. The second-order valence-electron chi connectivity index (χ2n) is 5.08. The number of fused-ring (bicyclic) bond motifs is 1. The van der Waals surface area contributed by atoms with Crippen LogP contribution in [0, 0.1) is 11.3 Å². The number of nitrogens with zero attached hydrogens (tertiary/aromatic N) is 2. The van der Waals surface area contributed by atoms with Gasteiger partial charge in [-0.25, -0.2) is 9.78 Å². The second kappa shape index (κ2) is 6.22. The lowest BCUT2D eigenvalue weighted by atomic mass is 10.2. The van der Waals surface area contributed by atoms with Gasteiger partial charge in [-0.05, 0) is 42.5 Å². The van der Waals surface area contributed by atoms with Crippen LogP contribution in [0.25, 0.3) is 22.4 Å². The molecule has 7 nitrogen and oxygen atoms in total. The molecule has 0 unspecified atom stereocenters. The van der Waals surface area contributed by atoms with Gasteiger partial charge in [0, 0.05) is 11.3 Å². The van der Waals surface area contributed by atoms with Gasteiger partial charge in [-0.1, -0.05) is 0 Å². The van der Waals surface area contributed by atoms with Crippen molar-refractivity contribution in [3.63, 3.8) is 0 Å². The summed E-state index contributed by atoms with van der Waals surface area (Å²) in [6.45, 7) is 0. The maximum absolute atomic E-state index is 11.4. The van der Waals surface area contributed by atoms with E-state index in [0.29, 0.717) is 22.5 Å². The highest BCUT2D eigenvalue weighted by Crippen LogP contribution is 2.23. The molecular formula is C17H12N4O3. The minimum atomic E-state index is -0.995. The molecule has 1 heterocycles. The Balaban J connectivity index is 1.86. The number of rotatable bonds is 4. The number of hydrogen-bond donors (Lipinski definition) is 3. The zero-order chi connectivity index (χ0) is 17.1. The molecule has 7 heteroatoms. The molecule has 0 aliphatic rings. The van der Waals surface area contributed by atoms with E-state index in [1.54, 1.807) is 36.4 Å². The van der Waals surface area contributed by atoms with Gasteiger partial charge in [0.2, 0.25) is 5.91 Å². The first-order valence-corrected chi connectivity index (χ1v) is 7.07. The standard InChI is InChI=1S/C17H12N4O3/c18-8-7-15(22)19-12-4-1-10(2-5-12)16-20-13-6-3-11(17(23)24)9-14(13)21-16/h1-6,9H,7H2,(H,19,22)(H,20,21)(H,23,24). The molecule has 0 saturated heterocycles. The summed E-state index contributed by atoms with van der Waals surface area (Å²) in [6, 6.07) is 13.4. The van der Waals surface area contributed by atoms with Crippen LogP contribution in [0.5, 0.6) is 0 Å². The highest BCUT2D eigenvalue weighted by atomic mass is 16.4. The van der Waals surface area contributed by atoms with E-state index in [1.807, 2.05) is 0 Å². The van der Waals surface area contributed by atoms with E-state index in [4.69, 9.17) is 10.4 Å². The Labute approximate surface area is 136 Å². The summed E-state index contributed by atoms with van der Waals surface area (Å²) in [5, 5.41) is 20.1. The summed E-state index contributed by atoms with van der Waals surface area (Å²) in [7, 11) is 0. The normalized spacial score (nSPS) is 10.3. The lowest BCUT2D eigenvalue weighted by molar-refractivity contribution is -0.115. The summed E-state index contributed by atoms with van der Waals surface area (Å²) in [5.74, 6) is -0.761. The quantitative estimate of drug-likeness (QED) is 0.683. The molecular weight excluding hydrogens is 308 g/mol. The van der Waals surface area contributed by atoms with E-state index in [-0.39, 0.29) is 17.9 Å². The SMILES string of the molecule is N#CCC(=O)Nc1ccc(-c2nc3ccc(C(=O)O)cc3[nH]2)cc1. The number of anilines is 1. The number of carboxylic acids is 1. The predicted octanol–water partition coefficient (Wildman–Crippen LogP) is 2.78. The molecule has 0 atom stereocenters. The Morgan fingerprint density at radius 3 is 2.62 bits per heavy atom. The Morgan fingerprint density at radius 1 is 1.21 bits per heavy atom. The van der Waals surface area contributed by atoms with E-state index >= 15 is 0 Å². The van der Waals surface area contributed by atoms with Crippen LogP contribution in [0.15, 0.2) is 42.5 Å². The summed E-state index contributed by atoms with van der Waals surface area (Å²) in [4.78, 5) is 29.9. The minimum absolute atomic E-state index is 0.188. The summed E-state index contributed by atoms with van der Waals surface area (Å²) in [5.41, 5.74) is 2.87. The molecule has 0 spiro atoms. The number of H-pyrrole nitrogens is 1. The molecule has 3 rings (SSSR count). The molecule has 0 aliphatic carbocycles. The molecule has 3 aromatic rings. The van der Waals surface area contributed by atoms with Crippen molar-refractivity contribution in [2.75, 3.05) is 5.32 Å². The summed E-state index contributed by atoms with van der Waals surface area (Å²) >= 11 is 0. The van der Waals surface area contributed by atoms with Crippen LogP contribution in [0.4, 0.5) is 5.69 Å². The summed E-state index contributed by atoms with van der Waals surface area (Å²) in [6.07, 6.45) is -0.197. The predicted molar refractivity (Wildman–Crippen MR) is 87.3 cm³/mol. The molecule has 0 saturated carbocycles. The van der Waals surface area contributed by atoms with Crippen LogP contribution < -0.4 is 5.32 Å². The van der Waals surface area contributed by atoms with Crippen LogP contribution in [-0.2, 0) is 4.79 Å². The average molecular weight is 320 g/mol. The molecule has 0 aliphatic heterocycles. The molecule has 0 fully saturated rings. The third kappa shape index (κ3) is 3.08. The van der Waals surface area contributed by atoms with E-state index in [0.717, 1.165) is 5.56 Å². The minimum Gasteiger partial charge on any atom is -0.478 e. The van der Waals surface area contributed by atoms with Crippen molar-refractivity contribution in [2.24, 2.45) is 0 Å². The van der Waals surface area contributed by atoms with Gasteiger partial charge < -0.3 is 15.4 Å². The Hall–Kier alpha value is -3.66.